The Morgan fingerprint density at radius 1 is 1.18 bits per heavy atom. The van der Waals surface area contributed by atoms with E-state index in [0.29, 0.717) is 12.6 Å². The molecular weight excluding hydrogens is 346 g/mol. The van der Waals surface area contributed by atoms with E-state index in [2.05, 4.69) is 26.6 Å². The van der Waals surface area contributed by atoms with Gasteiger partial charge in [-0.1, -0.05) is 25.7 Å². The molecule has 0 unspecified atom stereocenters. The normalized spacial score (nSPS) is 16.2. The summed E-state index contributed by atoms with van der Waals surface area (Å²) in [6.07, 6.45) is 9.40. The van der Waals surface area contributed by atoms with Crippen LogP contribution in [0.5, 0.6) is 0 Å². The molecule has 1 aliphatic carbocycles. The molecule has 2 N–H and O–H groups in total. The highest BCUT2D eigenvalue weighted by Crippen LogP contribution is 2.16. The smallest absolute Gasteiger partial charge is 0.251 e. The molecule has 0 aromatic carbocycles. The van der Waals surface area contributed by atoms with E-state index in [-0.39, 0.29) is 18.0 Å². The number of carbonyl (C=O) groups is 1. The fourth-order valence-corrected chi connectivity index (χ4v) is 3.18. The van der Waals surface area contributed by atoms with E-state index in [1.54, 1.807) is 12.3 Å². The first kappa shape index (κ1) is 17.2. The molecule has 0 aliphatic heterocycles. The van der Waals surface area contributed by atoms with E-state index in [1.165, 1.54) is 49.2 Å². The fourth-order valence-electron chi connectivity index (χ4n) is 2.80. The van der Waals surface area contributed by atoms with Crippen molar-refractivity contribution in [1.82, 2.24) is 15.2 Å². The van der Waals surface area contributed by atoms with Crippen molar-refractivity contribution in [3.63, 3.8) is 0 Å². The lowest BCUT2D eigenvalue weighted by molar-refractivity contribution is -0.121. The van der Waals surface area contributed by atoms with Crippen molar-refractivity contribution in [2.75, 3.05) is 13.1 Å². The third kappa shape index (κ3) is 5.93. The van der Waals surface area contributed by atoms with Gasteiger partial charge in [-0.05, 0) is 34.8 Å². The van der Waals surface area contributed by atoms with Gasteiger partial charge in [0.05, 0.1) is 0 Å². The molecule has 0 spiro atoms. The Morgan fingerprint density at radius 3 is 2.64 bits per heavy atom. The molecule has 2 rings (SSSR count). The first-order chi connectivity index (χ1) is 10.6. The molecule has 6 heteroatoms. The van der Waals surface area contributed by atoms with Crippen LogP contribution in [0.4, 0.5) is 0 Å². The summed E-state index contributed by atoms with van der Waals surface area (Å²) in [7, 11) is 0. The van der Waals surface area contributed by atoms with Crippen molar-refractivity contribution in [1.29, 1.82) is 0 Å². The van der Waals surface area contributed by atoms with Crippen molar-refractivity contribution in [2.45, 2.75) is 51.1 Å². The number of carbonyl (C=O) groups excluding carboxylic acids is 1. The molecule has 122 valence electrons. The van der Waals surface area contributed by atoms with Gasteiger partial charge in [-0.3, -0.25) is 9.59 Å². The predicted molar refractivity (Wildman–Crippen MR) is 90.9 cm³/mol. The molecule has 1 saturated carbocycles. The Balaban J connectivity index is 1.67. The summed E-state index contributed by atoms with van der Waals surface area (Å²) in [5.74, 6) is -0.136. The second-order valence-corrected chi connectivity index (χ2v) is 6.72. The van der Waals surface area contributed by atoms with E-state index >= 15 is 0 Å². The first-order valence-electron chi connectivity index (χ1n) is 8.01. The Hall–Kier alpha value is -1.14. The number of nitrogens with one attached hydrogen (secondary N) is 2. The van der Waals surface area contributed by atoms with Gasteiger partial charge in [0, 0.05) is 35.9 Å². The number of hydrogen-bond acceptors (Lipinski definition) is 3. The summed E-state index contributed by atoms with van der Waals surface area (Å²) in [4.78, 5) is 23.5. The van der Waals surface area contributed by atoms with Crippen LogP contribution in [-0.2, 0) is 11.3 Å². The molecule has 22 heavy (non-hydrogen) atoms. The van der Waals surface area contributed by atoms with Gasteiger partial charge in [-0.2, -0.15) is 0 Å². The lowest BCUT2D eigenvalue weighted by Crippen LogP contribution is -2.38. The monoisotopic (exact) mass is 369 g/mol. The Labute approximate surface area is 139 Å². The summed E-state index contributed by atoms with van der Waals surface area (Å²) >= 11 is 3.30. The van der Waals surface area contributed by atoms with Gasteiger partial charge in [0.25, 0.3) is 5.56 Å². The zero-order valence-corrected chi connectivity index (χ0v) is 14.4. The fraction of sp³-hybridized carbons (Fsp3) is 0.625. The van der Waals surface area contributed by atoms with E-state index in [9.17, 15) is 9.59 Å². The molecular formula is C16H24BrN3O2. The van der Waals surface area contributed by atoms with E-state index in [1.807, 2.05) is 0 Å². The molecule has 1 fully saturated rings. The third-order valence-corrected chi connectivity index (χ3v) is 4.47. The van der Waals surface area contributed by atoms with Gasteiger partial charge >= 0.3 is 0 Å². The average molecular weight is 370 g/mol. The zero-order chi connectivity index (χ0) is 15.8. The molecule has 1 aromatic heterocycles. The lowest BCUT2D eigenvalue weighted by atomic mass is 10.1. The Bertz CT molecular complexity index is 536. The standard InChI is InChI=1S/C16H24BrN3O2/c17-13-7-8-16(22)20(11-13)12-15(21)19-10-9-18-14-5-3-1-2-4-6-14/h7-8,11,14,18H,1-6,9-10,12H2,(H,19,21). The number of hydrogen-bond donors (Lipinski definition) is 2. The number of amides is 1. The summed E-state index contributed by atoms with van der Waals surface area (Å²) in [5, 5.41) is 6.37. The maximum Gasteiger partial charge on any atom is 0.251 e. The minimum atomic E-state index is -0.171. The van der Waals surface area contributed by atoms with Crippen molar-refractivity contribution in [3.05, 3.63) is 33.2 Å². The largest absolute Gasteiger partial charge is 0.353 e. The molecule has 1 amide bonds. The number of halogens is 1. The van der Waals surface area contributed by atoms with Gasteiger partial charge in [-0.15, -0.1) is 0 Å². The maximum absolute atomic E-state index is 11.9. The van der Waals surface area contributed by atoms with Crippen LogP contribution in [0.25, 0.3) is 0 Å². The highest BCUT2D eigenvalue weighted by Gasteiger charge is 2.11. The van der Waals surface area contributed by atoms with Crippen molar-refractivity contribution < 1.29 is 4.79 Å². The molecule has 0 bridgehead atoms. The zero-order valence-electron chi connectivity index (χ0n) is 12.8. The summed E-state index contributed by atoms with van der Waals surface area (Å²) in [6, 6.07) is 3.71. The molecule has 5 nitrogen and oxygen atoms in total. The Morgan fingerprint density at radius 2 is 1.91 bits per heavy atom. The molecule has 0 radical (unpaired) electrons. The number of aromatic nitrogens is 1. The van der Waals surface area contributed by atoms with Crippen LogP contribution in [0.3, 0.4) is 0 Å². The van der Waals surface area contributed by atoms with Gasteiger partial charge in [0.1, 0.15) is 6.54 Å². The summed E-state index contributed by atoms with van der Waals surface area (Å²) in [5.41, 5.74) is -0.171. The van der Waals surface area contributed by atoms with Crippen LogP contribution in [0.2, 0.25) is 0 Å². The number of rotatable bonds is 6. The highest BCUT2D eigenvalue weighted by molar-refractivity contribution is 9.10. The van der Waals surface area contributed by atoms with Gasteiger partial charge in [0.2, 0.25) is 5.91 Å². The third-order valence-electron chi connectivity index (χ3n) is 4.00. The molecule has 0 atom stereocenters. The van der Waals surface area contributed by atoms with Crippen LogP contribution in [0.15, 0.2) is 27.6 Å². The first-order valence-corrected chi connectivity index (χ1v) is 8.80. The van der Waals surface area contributed by atoms with Crippen molar-refractivity contribution in [3.8, 4) is 0 Å². The minimum absolute atomic E-state index is 0.0572. The highest BCUT2D eigenvalue weighted by atomic mass is 79.9. The second-order valence-electron chi connectivity index (χ2n) is 5.81. The summed E-state index contributed by atoms with van der Waals surface area (Å²) in [6.45, 7) is 1.43. The van der Waals surface area contributed by atoms with E-state index < -0.39 is 0 Å². The van der Waals surface area contributed by atoms with Crippen LogP contribution >= 0.6 is 15.9 Å². The Kier molecular flexibility index (Phi) is 7.12. The lowest BCUT2D eigenvalue weighted by Gasteiger charge is -2.16. The topological polar surface area (TPSA) is 63.1 Å². The van der Waals surface area contributed by atoms with Crippen molar-refractivity contribution >= 4 is 21.8 Å². The summed E-state index contributed by atoms with van der Waals surface area (Å²) < 4.78 is 2.19. The van der Waals surface area contributed by atoms with Crippen LogP contribution in [-0.4, -0.2) is 29.6 Å². The molecule has 1 aliphatic rings. The van der Waals surface area contributed by atoms with Gasteiger partial charge in [0.15, 0.2) is 0 Å². The average Bonchev–Trinajstić information content (AvgIpc) is 2.76. The maximum atomic E-state index is 11.9. The SMILES string of the molecule is O=C(Cn1cc(Br)ccc1=O)NCCNC1CCCCCC1. The minimum Gasteiger partial charge on any atom is -0.353 e. The van der Waals surface area contributed by atoms with E-state index in [0.717, 1.165) is 11.0 Å². The molecule has 1 heterocycles. The van der Waals surface area contributed by atoms with Crippen molar-refractivity contribution in [2.24, 2.45) is 0 Å². The quantitative estimate of drug-likeness (QED) is 0.595. The van der Waals surface area contributed by atoms with Crippen LogP contribution in [0.1, 0.15) is 38.5 Å². The van der Waals surface area contributed by atoms with Crippen LogP contribution < -0.4 is 16.2 Å². The predicted octanol–water partition coefficient (Wildman–Crippen LogP) is 2.04. The van der Waals surface area contributed by atoms with Gasteiger partial charge in [-0.25, -0.2) is 0 Å². The molecule has 0 saturated heterocycles. The van der Waals surface area contributed by atoms with Gasteiger partial charge < -0.3 is 15.2 Å². The van der Waals surface area contributed by atoms with Crippen LogP contribution in [0, 0.1) is 0 Å². The second kappa shape index (κ2) is 9.10. The number of nitrogens with zero attached hydrogens (tertiary/aromatic N) is 1. The number of pyridine rings is 1. The molecule has 1 aromatic rings. The van der Waals surface area contributed by atoms with E-state index in [4.69, 9.17) is 0 Å².